The van der Waals surface area contributed by atoms with Crippen molar-refractivity contribution in [2.45, 2.75) is 78.5 Å². The number of benzene rings is 7. The van der Waals surface area contributed by atoms with Crippen molar-refractivity contribution in [3.05, 3.63) is 211 Å². The summed E-state index contributed by atoms with van der Waals surface area (Å²) in [5.74, 6) is 0.525. The number of hydrogen-bond donors (Lipinski definition) is 0. The molecule has 0 radical (unpaired) electrons. The molecule has 0 saturated carbocycles. The van der Waals surface area contributed by atoms with Gasteiger partial charge < -0.3 is 14.4 Å². The van der Waals surface area contributed by atoms with E-state index in [-0.39, 0.29) is 37.5 Å². The fourth-order valence-electron chi connectivity index (χ4n) is 9.00. The van der Waals surface area contributed by atoms with E-state index in [0.717, 1.165) is 72.4 Å². The summed E-state index contributed by atoms with van der Waals surface area (Å²) >= 11 is 0. The van der Waals surface area contributed by atoms with Crippen molar-refractivity contribution in [3.8, 4) is 28.1 Å². The number of fused-ring (bicyclic) bond motifs is 4. The summed E-state index contributed by atoms with van der Waals surface area (Å²) in [4.78, 5) is 9.57. The molecule has 0 N–H and O–H groups in total. The summed E-state index contributed by atoms with van der Waals surface area (Å²) in [6.45, 7) is 17.9. The average Bonchev–Trinajstić information content (AvgIpc) is 3.87. The van der Waals surface area contributed by atoms with Crippen molar-refractivity contribution >= 4 is 44.6 Å². The summed E-state index contributed by atoms with van der Waals surface area (Å²) < 4.78 is 28.2. The van der Waals surface area contributed by atoms with Gasteiger partial charge in [-0.05, 0) is 98.3 Å². The fourth-order valence-corrected chi connectivity index (χ4v) is 9.00. The van der Waals surface area contributed by atoms with Crippen LogP contribution in [0.1, 0.15) is 87.3 Å². The van der Waals surface area contributed by atoms with Gasteiger partial charge in [-0.2, -0.15) is 53.6 Å². The standard InChI is InChI=1S/C60H55N4.Pt/c1-40-32-57(61-38-52(40)43-28-26-42(27-29-43)41-18-11-10-12-19-41)64-53-23-14-13-22-50(53)51-31-30-45(37-56(51)64)60(8,9)44-20-17-21-48(34-44)62-39-63(55-25-16-15-24-54(55)62)49-35-46(58(2,3)4)33-47(36-49)59(5,6)7;/h10-33,35-36,38-39H,1-9H3;/q-3;/i1D3;. The van der Waals surface area contributed by atoms with Crippen molar-refractivity contribution in [2.75, 3.05) is 9.80 Å². The van der Waals surface area contributed by atoms with E-state index in [1.165, 1.54) is 11.1 Å². The summed E-state index contributed by atoms with van der Waals surface area (Å²) in [6.07, 6.45) is 1.71. The SMILES string of the molecule is [2H]C([2H])([2H])c1cc(-n2c3[c-]c(C(C)(C)c4[c-]c(N5[CH-]N(c6cc(C(C)(C)C)cc(C(C)(C)C)c6)c6ccccc65)ccc4)ccc3c3ccccc32)ncc1-c1ccc(-c2ccccc2)cc1.[Pt]. The minimum atomic E-state index is -2.39. The summed E-state index contributed by atoms with van der Waals surface area (Å²) in [5.41, 5.74) is 13.9. The molecule has 0 bridgehead atoms. The van der Waals surface area contributed by atoms with E-state index < -0.39 is 12.3 Å². The molecule has 2 aromatic heterocycles. The summed E-state index contributed by atoms with van der Waals surface area (Å²) in [6, 6.07) is 62.2. The third-order valence-corrected chi connectivity index (χ3v) is 13.0. The number of anilines is 4. The van der Waals surface area contributed by atoms with Gasteiger partial charge in [0, 0.05) is 59.5 Å². The molecule has 0 unspecified atom stereocenters. The zero-order valence-corrected chi connectivity index (χ0v) is 40.5. The first-order chi connectivity index (χ1) is 31.9. The number of pyridine rings is 1. The van der Waals surface area contributed by atoms with Crippen molar-refractivity contribution in [1.29, 1.82) is 0 Å². The number of hydrogen-bond acceptors (Lipinski definition) is 3. The Morgan fingerprint density at radius 3 is 1.86 bits per heavy atom. The van der Waals surface area contributed by atoms with Crippen molar-refractivity contribution in [3.63, 3.8) is 0 Å². The van der Waals surface area contributed by atoms with Crippen LogP contribution in [0.4, 0.5) is 22.7 Å². The molecule has 5 heteroatoms. The molecule has 0 saturated heterocycles. The molecule has 3 heterocycles. The molecule has 0 aliphatic carbocycles. The molecule has 7 aromatic carbocycles. The molecule has 0 fully saturated rings. The van der Waals surface area contributed by atoms with E-state index in [0.29, 0.717) is 11.4 Å². The van der Waals surface area contributed by atoms with Crippen LogP contribution in [0.5, 0.6) is 0 Å². The Kier molecular flexibility index (Phi) is 10.3. The summed E-state index contributed by atoms with van der Waals surface area (Å²) in [7, 11) is 0. The van der Waals surface area contributed by atoms with Crippen LogP contribution in [0.3, 0.4) is 0 Å². The summed E-state index contributed by atoms with van der Waals surface area (Å²) in [5, 5.41) is 2.05. The first-order valence-electron chi connectivity index (χ1n) is 23.7. The molecule has 65 heavy (non-hydrogen) atoms. The van der Waals surface area contributed by atoms with Gasteiger partial charge in [0.15, 0.2) is 0 Å². The molecule has 9 aromatic rings. The fraction of sp³-hybridized carbons (Fsp3) is 0.200. The molecule has 328 valence electrons. The molecule has 4 nitrogen and oxygen atoms in total. The van der Waals surface area contributed by atoms with Crippen LogP contribution in [0.25, 0.3) is 49.9 Å². The maximum Gasteiger partial charge on any atom is 0.135 e. The molecule has 10 rings (SSSR count). The second kappa shape index (κ2) is 16.6. The first kappa shape index (κ1) is 40.3. The van der Waals surface area contributed by atoms with Crippen LogP contribution in [-0.4, -0.2) is 9.55 Å². The van der Waals surface area contributed by atoms with Gasteiger partial charge in [0.25, 0.3) is 0 Å². The Morgan fingerprint density at radius 2 is 1.17 bits per heavy atom. The van der Waals surface area contributed by atoms with Gasteiger partial charge >= 0.3 is 0 Å². The molecule has 1 aliphatic heterocycles. The quantitative estimate of drug-likeness (QED) is 0.149. The van der Waals surface area contributed by atoms with E-state index in [1.54, 1.807) is 12.3 Å². The van der Waals surface area contributed by atoms with Gasteiger partial charge in [0.2, 0.25) is 0 Å². The van der Waals surface area contributed by atoms with Crippen LogP contribution in [0, 0.1) is 25.7 Å². The minimum absolute atomic E-state index is 0. The smallest absolute Gasteiger partial charge is 0.135 e. The van der Waals surface area contributed by atoms with Gasteiger partial charge in [-0.1, -0.05) is 152 Å². The Morgan fingerprint density at radius 1 is 0.554 bits per heavy atom. The van der Waals surface area contributed by atoms with Gasteiger partial charge in [0.1, 0.15) is 5.82 Å². The van der Waals surface area contributed by atoms with Crippen LogP contribution < -0.4 is 9.80 Å². The minimum Gasteiger partial charge on any atom is -0.493 e. The third kappa shape index (κ3) is 8.01. The van der Waals surface area contributed by atoms with Gasteiger partial charge in [-0.15, -0.1) is 17.7 Å². The number of aryl methyl sites for hydroxylation is 1. The molecular weight excluding hydrogens is 972 g/mol. The van der Waals surface area contributed by atoms with E-state index in [4.69, 9.17) is 9.10 Å². The second-order valence-electron chi connectivity index (χ2n) is 19.7. The van der Waals surface area contributed by atoms with Crippen LogP contribution in [-0.2, 0) is 37.3 Å². The van der Waals surface area contributed by atoms with Crippen molar-refractivity contribution < 1.29 is 25.2 Å². The van der Waals surface area contributed by atoms with Crippen LogP contribution in [0.15, 0.2) is 164 Å². The second-order valence-corrected chi connectivity index (χ2v) is 19.7. The predicted octanol–water partition coefficient (Wildman–Crippen LogP) is 15.7. The number of para-hydroxylation sites is 3. The predicted molar refractivity (Wildman–Crippen MR) is 269 cm³/mol. The topological polar surface area (TPSA) is 24.3 Å². The maximum absolute atomic E-state index is 8.71. The Labute approximate surface area is 404 Å². The molecule has 0 spiro atoms. The van der Waals surface area contributed by atoms with Crippen molar-refractivity contribution in [2.24, 2.45) is 0 Å². The van der Waals surface area contributed by atoms with Crippen molar-refractivity contribution in [1.82, 2.24) is 9.55 Å². The van der Waals surface area contributed by atoms with Gasteiger partial charge in [-0.25, -0.2) is 4.98 Å². The number of rotatable bonds is 7. The van der Waals surface area contributed by atoms with Crippen LogP contribution in [0.2, 0.25) is 0 Å². The van der Waals surface area contributed by atoms with E-state index in [1.807, 2.05) is 54.6 Å². The first-order valence-corrected chi connectivity index (χ1v) is 22.2. The van der Waals surface area contributed by atoms with Gasteiger partial charge in [-0.3, -0.25) is 0 Å². The zero-order chi connectivity index (χ0) is 47.0. The van der Waals surface area contributed by atoms with Crippen LogP contribution >= 0.6 is 0 Å². The largest absolute Gasteiger partial charge is 0.493 e. The Balaban J connectivity index is 0.00000578. The van der Waals surface area contributed by atoms with E-state index in [9.17, 15) is 0 Å². The number of aromatic nitrogens is 2. The monoisotopic (exact) mass is 1030 g/mol. The molecule has 0 atom stereocenters. The normalized spacial score (nSPS) is 13.9. The van der Waals surface area contributed by atoms with E-state index >= 15 is 0 Å². The van der Waals surface area contributed by atoms with Gasteiger partial charge in [0.05, 0.1) is 0 Å². The zero-order valence-electron chi connectivity index (χ0n) is 41.3. The maximum atomic E-state index is 8.71. The number of nitrogens with zero attached hydrogens (tertiary/aromatic N) is 4. The Bertz CT molecular complexity index is 3290. The molecule has 0 amide bonds. The molecule has 1 aliphatic rings. The molecular formula is C60H55N4Pt-3. The third-order valence-electron chi connectivity index (χ3n) is 13.0. The van der Waals surface area contributed by atoms with E-state index in [2.05, 4.69) is 186 Å². The Hall–Kier alpha value is -6.22. The average molecular weight is 1030 g/mol.